The minimum Gasteiger partial charge on any atom is -0.306 e. The van der Waals surface area contributed by atoms with Crippen molar-refractivity contribution in [1.82, 2.24) is 5.43 Å². The fourth-order valence-corrected chi connectivity index (χ4v) is 3.49. The molecule has 0 spiro atoms. The molecule has 0 aromatic carbocycles. The van der Waals surface area contributed by atoms with Gasteiger partial charge in [0.2, 0.25) is 0 Å². The molecule has 3 atom stereocenters. The first-order valence-electron chi connectivity index (χ1n) is 5.28. The summed E-state index contributed by atoms with van der Waals surface area (Å²) in [6.45, 7) is 5.56. The van der Waals surface area contributed by atoms with Crippen molar-refractivity contribution < 1.29 is 0 Å². The minimum atomic E-state index is 0.848. The van der Waals surface area contributed by atoms with E-state index in [0.717, 1.165) is 24.3 Å². The van der Waals surface area contributed by atoms with E-state index in [1.54, 1.807) is 11.1 Å². The summed E-state index contributed by atoms with van der Waals surface area (Å²) in [5, 5.41) is 4.33. The van der Waals surface area contributed by atoms with Crippen molar-refractivity contribution in [2.45, 2.75) is 26.7 Å². The van der Waals surface area contributed by atoms with E-state index in [1.807, 2.05) is 0 Å². The standard InChI is InChI=1S/C11H16N2/c1-6-3-8-4-9(6)10-5-12-13-7(2)11(8)10/h6,8-9,12H,3-5H2,1-2H3. The maximum atomic E-state index is 4.33. The lowest BCUT2D eigenvalue weighted by Crippen LogP contribution is -2.27. The zero-order chi connectivity index (χ0) is 9.00. The van der Waals surface area contributed by atoms with Crippen molar-refractivity contribution in [2.75, 3.05) is 6.54 Å². The van der Waals surface area contributed by atoms with Gasteiger partial charge in [-0.15, -0.1) is 0 Å². The Morgan fingerprint density at radius 2 is 2.23 bits per heavy atom. The second-order valence-electron chi connectivity index (χ2n) is 4.72. The van der Waals surface area contributed by atoms with Gasteiger partial charge in [0, 0.05) is 0 Å². The molecule has 2 heteroatoms. The first-order valence-corrected chi connectivity index (χ1v) is 5.28. The highest BCUT2D eigenvalue weighted by atomic mass is 15.3. The molecule has 0 aromatic heterocycles. The first-order chi connectivity index (χ1) is 6.27. The van der Waals surface area contributed by atoms with Crippen LogP contribution in [0.4, 0.5) is 0 Å². The summed E-state index contributed by atoms with van der Waals surface area (Å²) in [6, 6.07) is 0. The van der Waals surface area contributed by atoms with Crippen LogP contribution < -0.4 is 5.43 Å². The van der Waals surface area contributed by atoms with Crippen molar-refractivity contribution >= 4 is 5.71 Å². The minimum absolute atomic E-state index is 0.848. The lowest BCUT2D eigenvalue weighted by Gasteiger charge is -2.27. The quantitative estimate of drug-likeness (QED) is 0.599. The molecule has 1 fully saturated rings. The lowest BCUT2D eigenvalue weighted by atomic mass is 9.83. The third-order valence-corrected chi connectivity index (χ3v) is 3.99. The van der Waals surface area contributed by atoms with Gasteiger partial charge >= 0.3 is 0 Å². The van der Waals surface area contributed by atoms with Crippen LogP contribution in [0.3, 0.4) is 0 Å². The fourth-order valence-electron chi connectivity index (χ4n) is 3.49. The van der Waals surface area contributed by atoms with E-state index in [-0.39, 0.29) is 0 Å². The van der Waals surface area contributed by atoms with Crippen LogP contribution in [0.5, 0.6) is 0 Å². The van der Waals surface area contributed by atoms with Gasteiger partial charge in [-0.1, -0.05) is 6.92 Å². The van der Waals surface area contributed by atoms with Crippen LogP contribution in [-0.2, 0) is 0 Å². The van der Waals surface area contributed by atoms with Crippen molar-refractivity contribution in [1.29, 1.82) is 0 Å². The topological polar surface area (TPSA) is 24.4 Å². The molecule has 1 heterocycles. The van der Waals surface area contributed by atoms with Gasteiger partial charge < -0.3 is 5.43 Å². The van der Waals surface area contributed by atoms with E-state index >= 15 is 0 Å². The normalized spacial score (nSPS) is 41.7. The number of rotatable bonds is 0. The van der Waals surface area contributed by atoms with Gasteiger partial charge in [-0.2, -0.15) is 5.10 Å². The number of allylic oxidation sites excluding steroid dienone is 1. The van der Waals surface area contributed by atoms with Gasteiger partial charge in [0.1, 0.15) is 0 Å². The van der Waals surface area contributed by atoms with E-state index in [4.69, 9.17) is 0 Å². The molecule has 3 aliphatic rings. The first kappa shape index (κ1) is 7.60. The molecular weight excluding hydrogens is 160 g/mol. The number of nitrogens with zero attached hydrogens (tertiary/aromatic N) is 1. The van der Waals surface area contributed by atoms with Gasteiger partial charge in [-0.3, -0.25) is 0 Å². The summed E-state index contributed by atoms with van der Waals surface area (Å²) in [7, 11) is 0. The molecule has 0 saturated heterocycles. The summed E-state index contributed by atoms with van der Waals surface area (Å²) >= 11 is 0. The highest BCUT2D eigenvalue weighted by Gasteiger charge is 2.44. The Morgan fingerprint density at radius 1 is 1.38 bits per heavy atom. The second kappa shape index (κ2) is 2.37. The largest absolute Gasteiger partial charge is 0.306 e. The zero-order valence-corrected chi connectivity index (χ0v) is 8.30. The average molecular weight is 176 g/mol. The Hall–Kier alpha value is -0.790. The maximum Gasteiger partial charge on any atom is 0.0607 e. The molecule has 0 radical (unpaired) electrons. The van der Waals surface area contributed by atoms with E-state index < -0.39 is 0 Å². The van der Waals surface area contributed by atoms with Crippen LogP contribution in [-0.4, -0.2) is 12.3 Å². The predicted molar refractivity (Wildman–Crippen MR) is 53.5 cm³/mol. The van der Waals surface area contributed by atoms with Gasteiger partial charge in [0.25, 0.3) is 0 Å². The van der Waals surface area contributed by atoms with E-state index in [1.165, 1.54) is 18.6 Å². The summed E-state index contributed by atoms with van der Waals surface area (Å²) in [6.07, 6.45) is 2.80. The summed E-state index contributed by atoms with van der Waals surface area (Å²) in [4.78, 5) is 0. The maximum absolute atomic E-state index is 4.33. The summed E-state index contributed by atoms with van der Waals surface area (Å²) in [5.74, 6) is 2.63. The monoisotopic (exact) mass is 176 g/mol. The average Bonchev–Trinajstić information content (AvgIpc) is 2.61. The van der Waals surface area contributed by atoms with E-state index in [0.29, 0.717) is 0 Å². The Labute approximate surface area is 79.1 Å². The Morgan fingerprint density at radius 3 is 3.08 bits per heavy atom. The van der Waals surface area contributed by atoms with Crippen LogP contribution in [0.1, 0.15) is 26.7 Å². The van der Waals surface area contributed by atoms with Crippen molar-refractivity contribution in [3.05, 3.63) is 11.1 Å². The number of hydrazone groups is 1. The van der Waals surface area contributed by atoms with Crippen molar-refractivity contribution in [2.24, 2.45) is 22.9 Å². The number of fused-ring (bicyclic) bond motifs is 4. The van der Waals surface area contributed by atoms with Gasteiger partial charge in [-0.05, 0) is 48.7 Å². The predicted octanol–water partition coefficient (Wildman–Crippen LogP) is 1.94. The van der Waals surface area contributed by atoms with Crippen LogP contribution in [0.2, 0.25) is 0 Å². The van der Waals surface area contributed by atoms with Gasteiger partial charge in [0.15, 0.2) is 0 Å². The van der Waals surface area contributed by atoms with Crippen LogP contribution >= 0.6 is 0 Å². The zero-order valence-electron chi connectivity index (χ0n) is 8.30. The molecule has 2 bridgehead atoms. The molecule has 70 valence electrons. The smallest absolute Gasteiger partial charge is 0.0607 e. The molecular formula is C11H16N2. The van der Waals surface area contributed by atoms with E-state index in [2.05, 4.69) is 24.4 Å². The molecule has 1 saturated carbocycles. The third-order valence-electron chi connectivity index (χ3n) is 3.99. The van der Waals surface area contributed by atoms with Crippen LogP contribution in [0, 0.1) is 17.8 Å². The summed E-state index contributed by atoms with van der Waals surface area (Å²) in [5.41, 5.74) is 7.68. The number of nitrogens with one attached hydrogen (secondary N) is 1. The molecule has 3 unspecified atom stereocenters. The highest BCUT2D eigenvalue weighted by Crippen LogP contribution is 2.52. The number of hydrogen-bond donors (Lipinski definition) is 1. The molecule has 2 nitrogen and oxygen atoms in total. The summed E-state index contributed by atoms with van der Waals surface area (Å²) < 4.78 is 0. The lowest BCUT2D eigenvalue weighted by molar-refractivity contribution is 0.452. The van der Waals surface area contributed by atoms with Crippen molar-refractivity contribution in [3.8, 4) is 0 Å². The molecule has 0 amide bonds. The van der Waals surface area contributed by atoms with Gasteiger partial charge in [0.05, 0.1) is 12.3 Å². The van der Waals surface area contributed by atoms with Gasteiger partial charge in [-0.25, -0.2) is 0 Å². The van der Waals surface area contributed by atoms with E-state index in [9.17, 15) is 0 Å². The SMILES string of the molecule is CC1=NNCC2=C1C1CC(C)C2C1. The van der Waals surface area contributed by atoms with Crippen molar-refractivity contribution in [3.63, 3.8) is 0 Å². The van der Waals surface area contributed by atoms with Crippen LogP contribution in [0.25, 0.3) is 0 Å². The second-order valence-corrected chi connectivity index (χ2v) is 4.72. The highest BCUT2D eigenvalue weighted by molar-refractivity contribution is 6.00. The number of hydrogen-bond acceptors (Lipinski definition) is 2. The molecule has 13 heavy (non-hydrogen) atoms. The molecule has 1 aliphatic heterocycles. The third kappa shape index (κ3) is 0.862. The molecule has 2 aliphatic carbocycles. The molecule has 3 rings (SSSR count). The Bertz CT molecular complexity index is 314. The molecule has 1 N–H and O–H groups in total. The molecule has 0 aromatic rings. The van der Waals surface area contributed by atoms with Crippen LogP contribution in [0.15, 0.2) is 16.2 Å². The fraction of sp³-hybridized carbons (Fsp3) is 0.727. The Balaban J connectivity index is 2.06. The Kier molecular flexibility index (Phi) is 1.38.